The molecule has 0 radical (unpaired) electrons. The molecule has 0 heterocycles. The molecule has 0 aliphatic rings. The second-order valence-corrected chi connectivity index (χ2v) is 6.49. The largest absolute Gasteiger partial charge is 0.350 e. The first-order valence-electron chi connectivity index (χ1n) is 8.52. The number of hydrogen-bond acceptors (Lipinski definition) is 2. The van der Waals surface area contributed by atoms with Crippen molar-refractivity contribution < 1.29 is 14.0 Å². The van der Waals surface area contributed by atoms with Crippen LogP contribution in [0.4, 0.5) is 14.9 Å². The van der Waals surface area contributed by atoms with E-state index in [-0.39, 0.29) is 24.2 Å². The molecule has 0 aliphatic carbocycles. The Morgan fingerprint density at radius 2 is 1.77 bits per heavy atom. The minimum Gasteiger partial charge on any atom is -0.350 e. The van der Waals surface area contributed by atoms with Crippen LogP contribution in [-0.4, -0.2) is 18.0 Å². The predicted octanol–water partition coefficient (Wildman–Crippen LogP) is 3.60. The third kappa shape index (κ3) is 5.58. The van der Waals surface area contributed by atoms with Gasteiger partial charge in [-0.05, 0) is 42.2 Å². The summed E-state index contributed by atoms with van der Waals surface area (Å²) in [7, 11) is 0. The minimum absolute atomic E-state index is 0.0912. The Balaban J connectivity index is 1.93. The molecule has 0 saturated carbocycles. The summed E-state index contributed by atoms with van der Waals surface area (Å²) in [6.07, 6.45) is 0. The molecule has 2 aromatic rings. The van der Waals surface area contributed by atoms with Crippen LogP contribution in [0.5, 0.6) is 0 Å². The van der Waals surface area contributed by atoms with Crippen LogP contribution >= 0.6 is 0 Å². The van der Waals surface area contributed by atoms with Gasteiger partial charge in [-0.3, -0.25) is 4.79 Å². The summed E-state index contributed by atoms with van der Waals surface area (Å²) >= 11 is 0. The van der Waals surface area contributed by atoms with E-state index in [4.69, 9.17) is 0 Å². The molecule has 2 rings (SSSR count). The van der Waals surface area contributed by atoms with Gasteiger partial charge in [0.05, 0.1) is 0 Å². The molecule has 26 heavy (non-hydrogen) atoms. The Hall–Kier alpha value is -2.89. The van der Waals surface area contributed by atoms with Gasteiger partial charge in [0.15, 0.2) is 0 Å². The number of hydrogen-bond donors (Lipinski definition) is 3. The molecular formula is C20H24FN3O2. The van der Waals surface area contributed by atoms with Gasteiger partial charge in [-0.1, -0.05) is 44.2 Å². The molecule has 5 nitrogen and oxygen atoms in total. The smallest absolute Gasteiger partial charge is 0.319 e. The standard InChI is InChI=1S/C20H24FN3O2/c1-13(2)18(24-20(26)23-16-7-5-4-6-8-16)19(25)22-12-15-9-10-17(21)14(3)11-15/h4-11,13,18H,12H2,1-3H3,(H,22,25)(H2,23,24,26). The Kier molecular flexibility index (Phi) is 6.72. The van der Waals surface area contributed by atoms with E-state index in [0.29, 0.717) is 11.3 Å². The molecule has 2 aromatic carbocycles. The van der Waals surface area contributed by atoms with Crippen molar-refractivity contribution >= 4 is 17.6 Å². The van der Waals surface area contributed by atoms with Crippen LogP contribution in [0.1, 0.15) is 25.0 Å². The van der Waals surface area contributed by atoms with Crippen molar-refractivity contribution in [2.45, 2.75) is 33.4 Å². The second-order valence-electron chi connectivity index (χ2n) is 6.49. The molecule has 3 N–H and O–H groups in total. The van der Waals surface area contributed by atoms with Crippen molar-refractivity contribution in [2.24, 2.45) is 5.92 Å². The average molecular weight is 357 g/mol. The van der Waals surface area contributed by atoms with Crippen LogP contribution in [0.25, 0.3) is 0 Å². The van der Waals surface area contributed by atoms with Crippen molar-refractivity contribution in [2.75, 3.05) is 5.32 Å². The van der Waals surface area contributed by atoms with E-state index in [1.807, 2.05) is 32.0 Å². The lowest BCUT2D eigenvalue weighted by atomic mass is 10.0. The number of carbonyl (C=O) groups is 2. The van der Waals surface area contributed by atoms with Gasteiger partial charge < -0.3 is 16.0 Å². The van der Waals surface area contributed by atoms with Gasteiger partial charge in [-0.25, -0.2) is 9.18 Å². The highest BCUT2D eigenvalue weighted by molar-refractivity contribution is 5.93. The highest BCUT2D eigenvalue weighted by atomic mass is 19.1. The molecule has 138 valence electrons. The van der Waals surface area contributed by atoms with E-state index in [0.717, 1.165) is 5.56 Å². The maximum Gasteiger partial charge on any atom is 0.319 e. The van der Waals surface area contributed by atoms with Crippen LogP contribution in [0, 0.1) is 18.7 Å². The molecule has 0 aromatic heterocycles. The number of urea groups is 1. The van der Waals surface area contributed by atoms with Gasteiger partial charge in [0.2, 0.25) is 5.91 Å². The lowest BCUT2D eigenvalue weighted by Gasteiger charge is -2.22. The van der Waals surface area contributed by atoms with Gasteiger partial charge in [-0.2, -0.15) is 0 Å². The van der Waals surface area contributed by atoms with Crippen molar-refractivity contribution in [3.05, 3.63) is 65.5 Å². The molecule has 1 atom stereocenters. The summed E-state index contributed by atoms with van der Waals surface area (Å²) in [6, 6.07) is 12.6. The predicted molar refractivity (Wildman–Crippen MR) is 100 cm³/mol. The zero-order chi connectivity index (χ0) is 19.1. The highest BCUT2D eigenvalue weighted by Crippen LogP contribution is 2.10. The number of halogens is 1. The van der Waals surface area contributed by atoms with Crippen LogP contribution in [-0.2, 0) is 11.3 Å². The minimum atomic E-state index is -0.680. The molecular weight excluding hydrogens is 333 g/mol. The van der Waals surface area contributed by atoms with Crippen LogP contribution in [0.3, 0.4) is 0 Å². The highest BCUT2D eigenvalue weighted by Gasteiger charge is 2.24. The van der Waals surface area contributed by atoms with Crippen molar-refractivity contribution in [3.8, 4) is 0 Å². The van der Waals surface area contributed by atoms with E-state index in [1.54, 1.807) is 31.2 Å². The number of anilines is 1. The molecule has 0 spiro atoms. The fourth-order valence-corrected chi connectivity index (χ4v) is 2.48. The SMILES string of the molecule is Cc1cc(CNC(=O)C(NC(=O)Nc2ccccc2)C(C)C)ccc1F. The maximum atomic E-state index is 13.3. The average Bonchev–Trinajstić information content (AvgIpc) is 2.61. The Morgan fingerprint density at radius 1 is 1.08 bits per heavy atom. The Labute approximate surface area is 153 Å². The summed E-state index contributed by atoms with van der Waals surface area (Å²) in [5.74, 6) is -0.656. The summed E-state index contributed by atoms with van der Waals surface area (Å²) in [4.78, 5) is 24.6. The van der Waals surface area contributed by atoms with Gasteiger partial charge in [0, 0.05) is 12.2 Å². The summed E-state index contributed by atoms with van der Waals surface area (Å²) in [6.45, 7) is 5.66. The maximum absolute atomic E-state index is 13.3. The molecule has 1 unspecified atom stereocenters. The zero-order valence-electron chi connectivity index (χ0n) is 15.2. The number of benzene rings is 2. The summed E-state index contributed by atoms with van der Waals surface area (Å²) in [5.41, 5.74) is 1.97. The van der Waals surface area contributed by atoms with Crippen LogP contribution in [0.15, 0.2) is 48.5 Å². The fraction of sp³-hybridized carbons (Fsp3) is 0.300. The van der Waals surface area contributed by atoms with E-state index in [1.165, 1.54) is 6.07 Å². The number of rotatable bonds is 6. The van der Waals surface area contributed by atoms with E-state index >= 15 is 0 Å². The topological polar surface area (TPSA) is 70.2 Å². The summed E-state index contributed by atoms with van der Waals surface area (Å²) in [5, 5.41) is 8.19. The second kappa shape index (κ2) is 8.99. The number of aryl methyl sites for hydroxylation is 1. The van der Waals surface area contributed by atoms with Crippen LogP contribution < -0.4 is 16.0 Å². The monoisotopic (exact) mass is 357 g/mol. The van der Waals surface area contributed by atoms with E-state index < -0.39 is 12.1 Å². The molecule has 0 aliphatic heterocycles. The lowest BCUT2D eigenvalue weighted by Crippen LogP contribution is -2.50. The number of carbonyl (C=O) groups excluding carboxylic acids is 2. The third-order valence-electron chi connectivity index (χ3n) is 3.96. The first kappa shape index (κ1) is 19.4. The lowest BCUT2D eigenvalue weighted by molar-refractivity contribution is -0.124. The Bertz CT molecular complexity index is 763. The molecule has 6 heteroatoms. The van der Waals surface area contributed by atoms with Crippen molar-refractivity contribution in [1.82, 2.24) is 10.6 Å². The zero-order valence-corrected chi connectivity index (χ0v) is 15.2. The van der Waals surface area contributed by atoms with Gasteiger partial charge in [0.1, 0.15) is 11.9 Å². The molecule has 0 bridgehead atoms. The quantitative estimate of drug-likeness (QED) is 0.739. The van der Waals surface area contributed by atoms with Crippen LogP contribution in [0.2, 0.25) is 0 Å². The van der Waals surface area contributed by atoms with Gasteiger partial charge >= 0.3 is 6.03 Å². The molecule has 3 amide bonds. The molecule has 0 saturated heterocycles. The molecule has 0 fully saturated rings. The number of para-hydroxylation sites is 1. The first-order valence-corrected chi connectivity index (χ1v) is 8.52. The third-order valence-corrected chi connectivity index (χ3v) is 3.96. The fourth-order valence-electron chi connectivity index (χ4n) is 2.48. The number of amides is 3. The van der Waals surface area contributed by atoms with Gasteiger partial charge in [-0.15, -0.1) is 0 Å². The van der Waals surface area contributed by atoms with Gasteiger partial charge in [0.25, 0.3) is 0 Å². The van der Waals surface area contributed by atoms with Crippen molar-refractivity contribution in [1.29, 1.82) is 0 Å². The van der Waals surface area contributed by atoms with E-state index in [9.17, 15) is 14.0 Å². The number of nitrogens with one attached hydrogen (secondary N) is 3. The van der Waals surface area contributed by atoms with Crippen molar-refractivity contribution in [3.63, 3.8) is 0 Å². The Morgan fingerprint density at radius 3 is 2.38 bits per heavy atom. The van der Waals surface area contributed by atoms with E-state index in [2.05, 4.69) is 16.0 Å². The normalized spacial score (nSPS) is 11.7. The first-order chi connectivity index (χ1) is 12.4. The summed E-state index contributed by atoms with van der Waals surface area (Å²) < 4.78 is 13.3.